The van der Waals surface area contributed by atoms with Crippen LogP contribution in [0.4, 0.5) is 0 Å². The molecule has 1 fully saturated rings. The van der Waals surface area contributed by atoms with Crippen molar-refractivity contribution < 1.29 is 4.79 Å². The summed E-state index contributed by atoms with van der Waals surface area (Å²) in [7, 11) is 6.00. The van der Waals surface area contributed by atoms with E-state index < -0.39 is 0 Å². The van der Waals surface area contributed by atoms with E-state index in [0.29, 0.717) is 12.5 Å². The van der Waals surface area contributed by atoms with Gasteiger partial charge < -0.3 is 15.1 Å². The number of piperidine rings is 1. The molecule has 0 aromatic heterocycles. The molecule has 1 unspecified atom stereocenters. The third-order valence-corrected chi connectivity index (χ3v) is 5.21. The van der Waals surface area contributed by atoms with Gasteiger partial charge in [0, 0.05) is 32.2 Å². The topological polar surface area (TPSA) is 35.6 Å². The van der Waals surface area contributed by atoms with Gasteiger partial charge in [0.05, 0.1) is 0 Å². The first kappa shape index (κ1) is 19.6. The van der Waals surface area contributed by atoms with Gasteiger partial charge in [0.25, 0.3) is 5.91 Å². The maximum absolute atomic E-state index is 12.8. The smallest absolute Gasteiger partial charge is 0.253 e. The van der Waals surface area contributed by atoms with Gasteiger partial charge in [-0.15, -0.1) is 0 Å². The normalized spacial score (nSPS) is 17.1. The molecule has 1 atom stereocenters. The van der Waals surface area contributed by atoms with E-state index in [-0.39, 0.29) is 5.91 Å². The van der Waals surface area contributed by atoms with E-state index in [1.807, 2.05) is 19.2 Å². The third kappa shape index (κ3) is 5.41. The summed E-state index contributed by atoms with van der Waals surface area (Å²) in [6.45, 7) is 3.71. The van der Waals surface area contributed by atoms with Crippen LogP contribution in [0.25, 0.3) is 0 Å². The van der Waals surface area contributed by atoms with E-state index in [2.05, 4.69) is 60.7 Å². The second kappa shape index (κ2) is 9.16. The Kier molecular flexibility index (Phi) is 6.64. The summed E-state index contributed by atoms with van der Waals surface area (Å²) in [6, 6.07) is 16.7. The molecule has 2 aromatic carbocycles. The van der Waals surface area contributed by atoms with Gasteiger partial charge in [0.1, 0.15) is 0 Å². The SMILES string of the molecule is CN(C)Cc1ccc(CN(C)C(=O)c2ccc(C3CCCNC3)cc2)cc1. The van der Waals surface area contributed by atoms with Crippen molar-refractivity contribution in [1.29, 1.82) is 0 Å². The van der Waals surface area contributed by atoms with Gasteiger partial charge in [-0.1, -0.05) is 36.4 Å². The van der Waals surface area contributed by atoms with Crippen LogP contribution in [0.15, 0.2) is 48.5 Å². The van der Waals surface area contributed by atoms with E-state index in [1.165, 1.54) is 24.0 Å². The number of nitrogens with one attached hydrogen (secondary N) is 1. The average molecular weight is 366 g/mol. The maximum atomic E-state index is 12.8. The van der Waals surface area contributed by atoms with E-state index in [1.54, 1.807) is 4.90 Å². The molecule has 144 valence electrons. The zero-order valence-electron chi connectivity index (χ0n) is 16.7. The molecule has 4 nitrogen and oxygen atoms in total. The van der Waals surface area contributed by atoms with E-state index in [9.17, 15) is 4.79 Å². The predicted octanol–water partition coefficient (Wildman–Crippen LogP) is 3.49. The molecule has 4 heteroatoms. The first-order valence-corrected chi connectivity index (χ1v) is 9.81. The molecule has 0 spiro atoms. The standard InChI is InChI=1S/C23H31N3O/c1-25(2)16-18-6-8-19(9-7-18)17-26(3)23(27)21-12-10-20(11-13-21)22-5-4-14-24-15-22/h6-13,22,24H,4-5,14-17H2,1-3H3. The van der Waals surface area contributed by atoms with Crippen LogP contribution in [0.5, 0.6) is 0 Å². The van der Waals surface area contributed by atoms with Gasteiger partial charge in [-0.3, -0.25) is 4.79 Å². The molecular weight excluding hydrogens is 334 g/mol. The Hall–Kier alpha value is -2.17. The fourth-order valence-electron chi connectivity index (χ4n) is 3.72. The Balaban J connectivity index is 1.59. The van der Waals surface area contributed by atoms with Crippen molar-refractivity contribution in [3.63, 3.8) is 0 Å². The lowest BCUT2D eigenvalue weighted by Gasteiger charge is -2.23. The van der Waals surface area contributed by atoms with Crippen LogP contribution in [0.1, 0.15) is 45.8 Å². The summed E-state index contributed by atoms with van der Waals surface area (Å²) in [5.41, 5.74) is 4.52. The first-order valence-electron chi connectivity index (χ1n) is 9.81. The Morgan fingerprint density at radius 2 is 1.59 bits per heavy atom. The number of hydrogen-bond donors (Lipinski definition) is 1. The molecule has 3 rings (SSSR count). The van der Waals surface area contributed by atoms with Gasteiger partial charge >= 0.3 is 0 Å². The largest absolute Gasteiger partial charge is 0.337 e. The Morgan fingerprint density at radius 1 is 0.963 bits per heavy atom. The van der Waals surface area contributed by atoms with Gasteiger partial charge in [-0.05, 0) is 68.2 Å². The fraction of sp³-hybridized carbons (Fsp3) is 0.435. The van der Waals surface area contributed by atoms with Crippen molar-refractivity contribution in [3.05, 3.63) is 70.8 Å². The highest BCUT2D eigenvalue weighted by atomic mass is 16.2. The summed E-state index contributed by atoms with van der Waals surface area (Å²) in [5.74, 6) is 0.641. The predicted molar refractivity (Wildman–Crippen MR) is 111 cm³/mol. The molecule has 0 saturated carbocycles. The molecule has 0 aliphatic carbocycles. The number of nitrogens with zero attached hydrogens (tertiary/aromatic N) is 2. The van der Waals surface area contributed by atoms with E-state index >= 15 is 0 Å². The summed E-state index contributed by atoms with van der Waals surface area (Å²) in [6.07, 6.45) is 2.45. The number of hydrogen-bond acceptors (Lipinski definition) is 3. The number of amides is 1. The monoisotopic (exact) mass is 365 g/mol. The highest BCUT2D eigenvalue weighted by Gasteiger charge is 2.17. The summed E-state index contributed by atoms with van der Waals surface area (Å²) in [4.78, 5) is 16.7. The van der Waals surface area contributed by atoms with E-state index in [4.69, 9.17) is 0 Å². The summed E-state index contributed by atoms with van der Waals surface area (Å²) < 4.78 is 0. The minimum absolute atomic E-state index is 0.0701. The molecule has 1 amide bonds. The minimum atomic E-state index is 0.0701. The summed E-state index contributed by atoms with van der Waals surface area (Å²) >= 11 is 0. The molecule has 1 heterocycles. The second-order valence-corrected chi connectivity index (χ2v) is 7.88. The van der Waals surface area contributed by atoms with Crippen LogP contribution in [0, 0.1) is 0 Å². The number of carbonyl (C=O) groups is 1. The second-order valence-electron chi connectivity index (χ2n) is 7.88. The van der Waals surface area contributed by atoms with Crippen molar-refractivity contribution in [1.82, 2.24) is 15.1 Å². The third-order valence-electron chi connectivity index (χ3n) is 5.21. The fourth-order valence-corrected chi connectivity index (χ4v) is 3.72. The van der Waals surface area contributed by atoms with E-state index in [0.717, 1.165) is 30.8 Å². The van der Waals surface area contributed by atoms with Crippen LogP contribution in [-0.4, -0.2) is 49.9 Å². The van der Waals surface area contributed by atoms with Crippen molar-refractivity contribution in [2.75, 3.05) is 34.2 Å². The lowest BCUT2D eigenvalue weighted by atomic mass is 9.91. The van der Waals surface area contributed by atoms with Crippen LogP contribution < -0.4 is 5.32 Å². The number of carbonyl (C=O) groups excluding carboxylic acids is 1. The minimum Gasteiger partial charge on any atom is -0.337 e. The number of benzene rings is 2. The zero-order valence-corrected chi connectivity index (χ0v) is 16.7. The molecule has 2 aromatic rings. The molecule has 1 saturated heterocycles. The van der Waals surface area contributed by atoms with Gasteiger partial charge in [0.15, 0.2) is 0 Å². The van der Waals surface area contributed by atoms with Crippen molar-refractivity contribution in [2.45, 2.75) is 31.8 Å². The van der Waals surface area contributed by atoms with Crippen LogP contribution in [-0.2, 0) is 13.1 Å². The molecule has 1 aliphatic rings. The average Bonchev–Trinajstić information content (AvgIpc) is 2.69. The van der Waals surface area contributed by atoms with Crippen molar-refractivity contribution >= 4 is 5.91 Å². The zero-order chi connectivity index (χ0) is 19.2. The Bertz CT molecular complexity index is 731. The molecule has 0 bridgehead atoms. The van der Waals surface area contributed by atoms with Crippen LogP contribution >= 0.6 is 0 Å². The van der Waals surface area contributed by atoms with Crippen molar-refractivity contribution in [3.8, 4) is 0 Å². The Labute approximate surface area is 163 Å². The Morgan fingerprint density at radius 3 is 2.15 bits per heavy atom. The lowest BCUT2D eigenvalue weighted by molar-refractivity contribution is 0.0785. The first-order chi connectivity index (χ1) is 13.0. The summed E-state index contributed by atoms with van der Waals surface area (Å²) in [5, 5.41) is 3.45. The van der Waals surface area contributed by atoms with Crippen LogP contribution in [0.2, 0.25) is 0 Å². The molecule has 1 aliphatic heterocycles. The van der Waals surface area contributed by atoms with Gasteiger partial charge in [0.2, 0.25) is 0 Å². The maximum Gasteiger partial charge on any atom is 0.253 e. The van der Waals surface area contributed by atoms with Gasteiger partial charge in [-0.25, -0.2) is 0 Å². The van der Waals surface area contributed by atoms with Gasteiger partial charge in [-0.2, -0.15) is 0 Å². The molecular formula is C23H31N3O. The number of rotatable bonds is 6. The van der Waals surface area contributed by atoms with Crippen molar-refractivity contribution in [2.24, 2.45) is 0 Å². The highest BCUT2D eigenvalue weighted by molar-refractivity contribution is 5.94. The molecule has 1 N–H and O–H groups in total. The quantitative estimate of drug-likeness (QED) is 0.851. The van der Waals surface area contributed by atoms with Crippen LogP contribution in [0.3, 0.4) is 0 Å². The molecule has 27 heavy (non-hydrogen) atoms. The molecule has 0 radical (unpaired) electrons. The highest BCUT2D eigenvalue weighted by Crippen LogP contribution is 2.23. The lowest BCUT2D eigenvalue weighted by Crippen LogP contribution is -2.28.